The van der Waals surface area contributed by atoms with E-state index in [0.29, 0.717) is 23.6 Å². The molecule has 2 aromatic rings. The van der Waals surface area contributed by atoms with Crippen molar-refractivity contribution in [2.24, 2.45) is 16.8 Å². The van der Waals surface area contributed by atoms with Crippen LogP contribution in [0.4, 0.5) is 14.7 Å². The van der Waals surface area contributed by atoms with Crippen molar-refractivity contribution in [1.82, 2.24) is 20.1 Å². The van der Waals surface area contributed by atoms with Crippen molar-refractivity contribution in [3.8, 4) is 0 Å². The van der Waals surface area contributed by atoms with Crippen LogP contribution in [-0.4, -0.2) is 28.6 Å². The van der Waals surface area contributed by atoms with E-state index in [1.165, 1.54) is 30.4 Å². The van der Waals surface area contributed by atoms with Gasteiger partial charge in [0.05, 0.1) is 11.6 Å². The zero-order valence-electron chi connectivity index (χ0n) is 13.3. The lowest BCUT2D eigenvalue weighted by Gasteiger charge is -2.19. The molecule has 8 nitrogen and oxygen atoms in total. The van der Waals surface area contributed by atoms with Gasteiger partial charge in [0.25, 0.3) is 0 Å². The summed E-state index contributed by atoms with van der Waals surface area (Å²) < 4.78 is 29.7. The van der Waals surface area contributed by atoms with Gasteiger partial charge in [0.15, 0.2) is 17.5 Å². The van der Waals surface area contributed by atoms with Crippen LogP contribution in [0.25, 0.3) is 0 Å². The van der Waals surface area contributed by atoms with Gasteiger partial charge in [-0.25, -0.2) is 24.6 Å². The zero-order valence-corrected chi connectivity index (χ0v) is 14.1. The highest BCUT2D eigenvalue weighted by Gasteiger charge is 2.15. The van der Waals surface area contributed by atoms with Gasteiger partial charge in [0, 0.05) is 18.9 Å². The average molecular weight is 368 g/mol. The monoisotopic (exact) mass is 368 g/mol. The number of nitrogens with two attached hydrogens (primary N) is 2. The fourth-order valence-corrected chi connectivity index (χ4v) is 2.36. The van der Waals surface area contributed by atoms with Gasteiger partial charge in [-0.05, 0) is 24.0 Å². The molecule has 11 heteroatoms. The minimum absolute atomic E-state index is 0.229. The Kier molecular flexibility index (Phi) is 6.86. The largest absolute Gasteiger partial charge is 0.346 e. The second kappa shape index (κ2) is 9.11. The number of halogens is 2. The summed E-state index contributed by atoms with van der Waals surface area (Å²) in [4.78, 5) is 8.30. The van der Waals surface area contributed by atoms with Crippen molar-refractivity contribution in [1.29, 1.82) is 0 Å². The Labute approximate surface area is 147 Å². The van der Waals surface area contributed by atoms with Crippen molar-refractivity contribution in [3.63, 3.8) is 0 Å². The molecule has 1 unspecified atom stereocenters. The highest BCUT2D eigenvalue weighted by Crippen LogP contribution is 2.20. The number of hydrogen-bond acceptors (Lipinski definition) is 8. The average Bonchev–Trinajstić information content (AvgIpc) is 2.63. The molecule has 0 aliphatic heterocycles. The van der Waals surface area contributed by atoms with Gasteiger partial charge in [-0.1, -0.05) is 18.0 Å². The summed E-state index contributed by atoms with van der Waals surface area (Å²) in [6, 6.07) is 3.35. The molecule has 1 atom stereocenters. The van der Waals surface area contributed by atoms with Gasteiger partial charge in [0.1, 0.15) is 0 Å². The highest BCUT2D eigenvalue weighted by atomic mass is 32.2. The third kappa shape index (κ3) is 4.98. The van der Waals surface area contributed by atoms with E-state index in [1.807, 2.05) is 6.26 Å². The number of amidine groups is 1. The van der Waals surface area contributed by atoms with E-state index in [1.54, 1.807) is 0 Å². The molecule has 1 aromatic carbocycles. The quantitative estimate of drug-likeness (QED) is 0.160. The van der Waals surface area contributed by atoms with E-state index in [2.05, 4.69) is 30.5 Å². The molecule has 0 bridgehead atoms. The molecule has 0 fully saturated rings. The lowest BCUT2D eigenvalue weighted by molar-refractivity contribution is 0.505. The molecule has 134 valence electrons. The zero-order chi connectivity index (χ0) is 18.2. The van der Waals surface area contributed by atoms with Crippen LogP contribution in [0.15, 0.2) is 35.7 Å². The first-order chi connectivity index (χ1) is 12.1. The van der Waals surface area contributed by atoms with Crippen LogP contribution in [0.5, 0.6) is 0 Å². The van der Waals surface area contributed by atoms with Crippen LogP contribution in [0, 0.1) is 11.6 Å². The van der Waals surface area contributed by atoms with Crippen molar-refractivity contribution in [2.45, 2.75) is 6.04 Å². The first kappa shape index (κ1) is 18.8. The van der Waals surface area contributed by atoms with Gasteiger partial charge in [-0.3, -0.25) is 4.72 Å². The lowest BCUT2D eigenvalue weighted by Crippen LogP contribution is -2.32. The topological polar surface area (TPSA) is 126 Å². The Morgan fingerprint density at radius 2 is 2.00 bits per heavy atom. The molecule has 0 aliphatic carbocycles. The number of nitrogens with zero attached hydrogens (tertiary/aromatic N) is 3. The number of benzene rings is 1. The summed E-state index contributed by atoms with van der Waals surface area (Å²) >= 11 is 1.40. The van der Waals surface area contributed by atoms with Crippen LogP contribution in [-0.2, 0) is 0 Å². The maximum absolute atomic E-state index is 13.5. The Morgan fingerprint density at radius 1 is 1.28 bits per heavy atom. The summed E-state index contributed by atoms with van der Waals surface area (Å²) in [6.45, 7) is 0.442. The van der Waals surface area contributed by atoms with Crippen LogP contribution in [0.2, 0.25) is 0 Å². The van der Waals surface area contributed by atoms with E-state index in [0.717, 1.165) is 12.1 Å². The van der Waals surface area contributed by atoms with E-state index >= 15 is 0 Å². The molecule has 0 saturated heterocycles. The van der Waals surface area contributed by atoms with Crippen LogP contribution < -0.4 is 27.2 Å². The Balaban J connectivity index is 2.20. The summed E-state index contributed by atoms with van der Waals surface area (Å²) in [5, 5.41) is 6.53. The number of hydrazone groups is 1. The standard InChI is InChI=1S/C14H18F2N8S/c1-25-21-7-12(8-2-3-10(15)11(16)4-8)22-14-19-5-9(6-20-14)13(23-17)24-18/h2-6,12,21H,7,17-18H2,1H3,(H,23,24)(H,19,20,22). The summed E-state index contributed by atoms with van der Waals surface area (Å²) in [7, 11) is 0. The fraction of sp³-hybridized carbons (Fsp3) is 0.214. The fourth-order valence-electron chi connectivity index (χ4n) is 2.02. The molecule has 7 N–H and O–H groups in total. The Hall–Kier alpha value is -2.50. The van der Waals surface area contributed by atoms with Gasteiger partial charge >= 0.3 is 0 Å². The molecule has 0 aliphatic rings. The molecule has 1 heterocycles. The second-order valence-corrected chi connectivity index (χ2v) is 5.54. The molecule has 25 heavy (non-hydrogen) atoms. The number of anilines is 1. The molecule has 0 saturated carbocycles. The van der Waals surface area contributed by atoms with Gasteiger partial charge in [-0.2, -0.15) is 5.10 Å². The predicted molar refractivity (Wildman–Crippen MR) is 94.3 cm³/mol. The van der Waals surface area contributed by atoms with Gasteiger partial charge < -0.3 is 16.6 Å². The second-order valence-electron chi connectivity index (χ2n) is 4.84. The minimum Gasteiger partial charge on any atom is -0.346 e. The van der Waals surface area contributed by atoms with Crippen molar-refractivity contribution in [3.05, 3.63) is 53.4 Å². The first-order valence-electron chi connectivity index (χ1n) is 7.13. The van der Waals surface area contributed by atoms with Crippen LogP contribution in [0.1, 0.15) is 17.2 Å². The van der Waals surface area contributed by atoms with Crippen LogP contribution >= 0.6 is 11.9 Å². The predicted octanol–water partition coefficient (Wildman–Crippen LogP) is 0.859. The normalized spacial score (nSPS) is 12.7. The molecular formula is C14H18F2N8S. The SMILES string of the molecule is CSNCC(Nc1ncc(/C(=N/N)NN)cn1)c1ccc(F)c(F)c1. The number of hydrazine groups is 1. The van der Waals surface area contributed by atoms with E-state index in [9.17, 15) is 8.78 Å². The van der Waals surface area contributed by atoms with E-state index in [-0.39, 0.29) is 11.9 Å². The van der Waals surface area contributed by atoms with Crippen molar-refractivity contribution in [2.75, 3.05) is 18.1 Å². The third-order valence-corrected chi connectivity index (χ3v) is 3.73. The number of hydrogen-bond donors (Lipinski definition) is 5. The van der Waals surface area contributed by atoms with Gasteiger partial charge in [-0.15, -0.1) is 0 Å². The smallest absolute Gasteiger partial charge is 0.223 e. The maximum atomic E-state index is 13.5. The molecule has 0 spiro atoms. The third-order valence-electron chi connectivity index (χ3n) is 3.27. The summed E-state index contributed by atoms with van der Waals surface area (Å²) in [6.07, 6.45) is 4.82. The number of aromatic nitrogens is 2. The molecular weight excluding hydrogens is 350 g/mol. The minimum atomic E-state index is -0.914. The Bertz CT molecular complexity index is 725. The number of nitrogens with one attached hydrogen (secondary N) is 3. The lowest BCUT2D eigenvalue weighted by atomic mass is 10.1. The van der Waals surface area contributed by atoms with Gasteiger partial charge in [0.2, 0.25) is 5.95 Å². The molecule has 2 rings (SSSR count). The first-order valence-corrected chi connectivity index (χ1v) is 8.35. The van der Waals surface area contributed by atoms with E-state index < -0.39 is 11.6 Å². The van der Waals surface area contributed by atoms with Crippen LogP contribution in [0.3, 0.4) is 0 Å². The summed E-state index contributed by atoms with van der Waals surface area (Å²) in [5.74, 6) is 9.19. The van der Waals surface area contributed by atoms with E-state index in [4.69, 9.17) is 11.7 Å². The maximum Gasteiger partial charge on any atom is 0.223 e. The molecule has 0 amide bonds. The summed E-state index contributed by atoms with van der Waals surface area (Å²) in [5.41, 5.74) is 3.39. The molecule has 0 radical (unpaired) electrons. The number of rotatable bonds is 7. The van der Waals surface area contributed by atoms with Crippen molar-refractivity contribution < 1.29 is 8.78 Å². The van der Waals surface area contributed by atoms with Crippen molar-refractivity contribution >= 4 is 23.7 Å². The Morgan fingerprint density at radius 3 is 2.56 bits per heavy atom. The molecule has 1 aromatic heterocycles. The highest BCUT2D eigenvalue weighted by molar-refractivity contribution is 7.96.